The molecule has 2 heterocycles. The summed E-state index contributed by atoms with van der Waals surface area (Å²) in [5.74, 6) is -1.12. The van der Waals surface area contributed by atoms with Gasteiger partial charge in [0, 0.05) is 13.1 Å². The molecule has 0 spiro atoms. The van der Waals surface area contributed by atoms with Gasteiger partial charge in [0.25, 0.3) is 0 Å². The first-order chi connectivity index (χ1) is 9.06. The number of carbonyl (C=O) groups is 1. The molecular weight excluding hydrogens is 248 g/mol. The molecule has 2 aromatic rings. The van der Waals surface area contributed by atoms with E-state index < -0.39 is 5.97 Å². The lowest BCUT2D eigenvalue weighted by atomic mass is 10.3. The summed E-state index contributed by atoms with van der Waals surface area (Å²) in [6, 6.07) is 1.94. The maximum atomic E-state index is 11.0. The monoisotopic (exact) mass is 264 g/mol. The number of nitrogens with zero attached hydrogens (tertiary/aromatic N) is 5. The first kappa shape index (κ1) is 13.2. The minimum absolute atomic E-state index is 0.0773. The molecule has 0 aliphatic carbocycles. The zero-order chi connectivity index (χ0) is 14.0. The number of aromatic carboxylic acids is 1. The molecule has 0 fully saturated rings. The van der Waals surface area contributed by atoms with E-state index in [4.69, 9.17) is 10.8 Å². The van der Waals surface area contributed by atoms with Gasteiger partial charge < -0.3 is 10.8 Å². The molecule has 0 aromatic carbocycles. The molecule has 2 rings (SSSR count). The molecule has 0 saturated carbocycles. The average Bonchev–Trinajstić information content (AvgIpc) is 2.93. The van der Waals surface area contributed by atoms with E-state index in [1.54, 1.807) is 0 Å². The van der Waals surface area contributed by atoms with E-state index in [0.29, 0.717) is 12.2 Å². The van der Waals surface area contributed by atoms with E-state index in [1.807, 2.05) is 24.6 Å². The van der Waals surface area contributed by atoms with Crippen LogP contribution in [0.2, 0.25) is 0 Å². The quantitative estimate of drug-likeness (QED) is 0.786. The van der Waals surface area contributed by atoms with Gasteiger partial charge in [-0.3, -0.25) is 4.68 Å². The van der Waals surface area contributed by atoms with Gasteiger partial charge in [0.15, 0.2) is 5.69 Å². The second-order valence-corrected chi connectivity index (χ2v) is 4.14. The van der Waals surface area contributed by atoms with Gasteiger partial charge in [-0.15, -0.1) is 5.10 Å². The number of carboxylic acid groups (broad SMARTS) is 1. The summed E-state index contributed by atoms with van der Waals surface area (Å²) < 4.78 is 3.35. The lowest BCUT2D eigenvalue weighted by Gasteiger charge is -2.06. The highest BCUT2D eigenvalue weighted by Crippen LogP contribution is 2.10. The topological polar surface area (TPSA) is 112 Å². The predicted molar refractivity (Wildman–Crippen MR) is 66.6 cm³/mol. The fourth-order valence-electron chi connectivity index (χ4n) is 1.98. The third-order valence-corrected chi connectivity index (χ3v) is 2.83. The van der Waals surface area contributed by atoms with Crippen LogP contribution >= 0.6 is 0 Å². The Morgan fingerprint density at radius 2 is 2.21 bits per heavy atom. The Bertz CT molecular complexity index is 600. The van der Waals surface area contributed by atoms with Crippen molar-refractivity contribution in [1.29, 1.82) is 0 Å². The molecule has 8 nitrogen and oxygen atoms in total. The summed E-state index contributed by atoms with van der Waals surface area (Å²) in [6.45, 7) is 5.12. The third-order valence-electron chi connectivity index (χ3n) is 2.83. The van der Waals surface area contributed by atoms with Crippen LogP contribution in [-0.4, -0.2) is 35.9 Å². The number of aromatic nitrogens is 5. The Hall–Kier alpha value is -2.22. The normalized spacial score (nSPS) is 10.9. The molecule has 19 heavy (non-hydrogen) atoms. The molecular formula is C11H16N6O2. The Kier molecular flexibility index (Phi) is 3.61. The van der Waals surface area contributed by atoms with Gasteiger partial charge in [-0.05, 0) is 19.9 Å². The van der Waals surface area contributed by atoms with Gasteiger partial charge in [-0.25, -0.2) is 9.48 Å². The van der Waals surface area contributed by atoms with Crippen LogP contribution in [0.3, 0.4) is 0 Å². The van der Waals surface area contributed by atoms with Crippen molar-refractivity contribution in [1.82, 2.24) is 24.8 Å². The molecule has 0 saturated heterocycles. The number of hydrogen-bond acceptors (Lipinski definition) is 5. The molecule has 0 aliphatic rings. The Labute approximate surface area is 109 Å². The summed E-state index contributed by atoms with van der Waals surface area (Å²) in [7, 11) is 0. The molecule has 2 aromatic heterocycles. The number of carboxylic acids is 1. The summed E-state index contributed by atoms with van der Waals surface area (Å²) in [5.41, 5.74) is 7.74. The first-order valence-corrected chi connectivity index (χ1v) is 5.95. The fraction of sp³-hybridized carbons (Fsp3) is 0.455. The van der Waals surface area contributed by atoms with E-state index in [-0.39, 0.29) is 12.2 Å². The Balaban J connectivity index is 2.35. The zero-order valence-corrected chi connectivity index (χ0v) is 10.9. The van der Waals surface area contributed by atoms with E-state index in [0.717, 1.165) is 17.9 Å². The van der Waals surface area contributed by atoms with Crippen LogP contribution in [0.15, 0.2) is 6.07 Å². The highest BCUT2D eigenvalue weighted by atomic mass is 16.4. The largest absolute Gasteiger partial charge is 0.476 e. The number of nitrogens with two attached hydrogens (primary N) is 1. The molecule has 0 amide bonds. The predicted octanol–water partition coefficient (Wildman–Crippen LogP) is 0.00812. The molecule has 102 valence electrons. The minimum atomic E-state index is -1.12. The number of rotatable bonds is 5. The van der Waals surface area contributed by atoms with Gasteiger partial charge in [-0.1, -0.05) is 5.21 Å². The van der Waals surface area contributed by atoms with E-state index >= 15 is 0 Å². The zero-order valence-electron chi connectivity index (χ0n) is 10.9. The van der Waals surface area contributed by atoms with Crippen LogP contribution in [0.4, 0.5) is 0 Å². The molecule has 0 bridgehead atoms. The van der Waals surface area contributed by atoms with Crippen LogP contribution in [-0.2, 0) is 19.6 Å². The molecule has 0 radical (unpaired) electrons. The standard InChI is InChI=1S/C11H16N6O2/c1-3-16-8(4-7(2)14-16)6-17-9(5-12)10(11(18)19)13-15-17/h4H,3,5-6,12H2,1-2H3,(H,18,19). The highest BCUT2D eigenvalue weighted by molar-refractivity contribution is 5.86. The smallest absolute Gasteiger partial charge is 0.358 e. The lowest BCUT2D eigenvalue weighted by molar-refractivity contribution is 0.0689. The van der Waals surface area contributed by atoms with Crippen molar-refractivity contribution in [3.05, 3.63) is 28.8 Å². The highest BCUT2D eigenvalue weighted by Gasteiger charge is 2.18. The summed E-state index contributed by atoms with van der Waals surface area (Å²) in [6.07, 6.45) is 0. The van der Waals surface area contributed by atoms with Crippen molar-refractivity contribution in [2.45, 2.75) is 33.5 Å². The third kappa shape index (κ3) is 2.48. The van der Waals surface area contributed by atoms with Crippen molar-refractivity contribution >= 4 is 5.97 Å². The molecule has 3 N–H and O–H groups in total. The maximum absolute atomic E-state index is 11.0. The Morgan fingerprint density at radius 3 is 2.79 bits per heavy atom. The van der Waals surface area contributed by atoms with Crippen LogP contribution < -0.4 is 5.73 Å². The molecule has 0 unspecified atom stereocenters. The SMILES string of the molecule is CCn1nc(C)cc1Cn1nnc(C(=O)O)c1CN. The first-order valence-electron chi connectivity index (χ1n) is 5.95. The number of aryl methyl sites for hydroxylation is 2. The van der Waals surface area contributed by atoms with Crippen molar-refractivity contribution in [2.75, 3.05) is 0 Å². The van der Waals surface area contributed by atoms with Crippen LogP contribution in [0, 0.1) is 6.92 Å². The van der Waals surface area contributed by atoms with E-state index in [1.165, 1.54) is 4.68 Å². The average molecular weight is 264 g/mol. The van der Waals surface area contributed by atoms with Crippen LogP contribution in [0.25, 0.3) is 0 Å². The van der Waals surface area contributed by atoms with Crippen molar-refractivity contribution in [3.8, 4) is 0 Å². The second kappa shape index (κ2) is 5.19. The minimum Gasteiger partial charge on any atom is -0.476 e. The van der Waals surface area contributed by atoms with Crippen LogP contribution in [0.5, 0.6) is 0 Å². The van der Waals surface area contributed by atoms with Crippen molar-refractivity contribution < 1.29 is 9.90 Å². The van der Waals surface area contributed by atoms with Crippen molar-refractivity contribution in [3.63, 3.8) is 0 Å². The van der Waals surface area contributed by atoms with Gasteiger partial charge >= 0.3 is 5.97 Å². The summed E-state index contributed by atoms with van der Waals surface area (Å²) in [4.78, 5) is 11.0. The maximum Gasteiger partial charge on any atom is 0.358 e. The second-order valence-electron chi connectivity index (χ2n) is 4.14. The van der Waals surface area contributed by atoms with E-state index in [2.05, 4.69) is 15.4 Å². The fourth-order valence-corrected chi connectivity index (χ4v) is 1.98. The number of hydrogen-bond donors (Lipinski definition) is 2. The van der Waals surface area contributed by atoms with Crippen molar-refractivity contribution in [2.24, 2.45) is 5.73 Å². The summed E-state index contributed by atoms with van der Waals surface area (Å²) in [5, 5.41) is 20.8. The van der Waals surface area contributed by atoms with Gasteiger partial charge in [-0.2, -0.15) is 5.10 Å². The van der Waals surface area contributed by atoms with Gasteiger partial charge in [0.2, 0.25) is 0 Å². The van der Waals surface area contributed by atoms with Gasteiger partial charge in [0.1, 0.15) is 0 Å². The Morgan fingerprint density at radius 1 is 1.47 bits per heavy atom. The molecule has 8 heteroatoms. The molecule has 0 aliphatic heterocycles. The van der Waals surface area contributed by atoms with E-state index in [9.17, 15) is 4.79 Å². The molecule has 0 atom stereocenters. The summed E-state index contributed by atoms with van der Waals surface area (Å²) >= 11 is 0. The lowest BCUT2D eigenvalue weighted by Crippen LogP contribution is -2.15. The van der Waals surface area contributed by atoms with Crippen LogP contribution in [0.1, 0.15) is 34.5 Å². The van der Waals surface area contributed by atoms with Gasteiger partial charge in [0.05, 0.1) is 23.6 Å².